The predicted octanol–water partition coefficient (Wildman–Crippen LogP) is 2.68. The lowest BCUT2D eigenvalue weighted by Gasteiger charge is -2.34. The fourth-order valence-corrected chi connectivity index (χ4v) is 3.43. The smallest absolute Gasteiger partial charge is 0.191 e. The number of hydrogen-bond donors (Lipinski definition) is 2. The van der Waals surface area contributed by atoms with E-state index in [1.54, 1.807) is 14.2 Å². The number of morpholine rings is 1. The van der Waals surface area contributed by atoms with Crippen LogP contribution in [0.4, 0.5) is 0 Å². The molecule has 1 atom stereocenters. The molecule has 0 aliphatic carbocycles. The molecule has 9 heteroatoms. The molecule has 178 valence electrons. The van der Waals surface area contributed by atoms with Gasteiger partial charge in [-0.2, -0.15) is 0 Å². The maximum absolute atomic E-state index is 5.56. The highest BCUT2D eigenvalue weighted by Gasteiger charge is 2.24. The van der Waals surface area contributed by atoms with Crippen molar-refractivity contribution in [2.24, 2.45) is 4.99 Å². The summed E-state index contributed by atoms with van der Waals surface area (Å²) in [7, 11) is 3.32. The maximum atomic E-state index is 5.56. The Hall–Kier alpha value is -1.30. The lowest BCUT2D eigenvalue weighted by Crippen LogP contribution is -2.42. The van der Waals surface area contributed by atoms with E-state index >= 15 is 0 Å². The van der Waals surface area contributed by atoms with Crippen LogP contribution in [0.15, 0.2) is 23.2 Å². The van der Waals surface area contributed by atoms with Gasteiger partial charge in [0, 0.05) is 39.4 Å². The average Bonchev–Trinajstić information content (AvgIpc) is 2.79. The van der Waals surface area contributed by atoms with Crippen molar-refractivity contribution in [3.63, 3.8) is 0 Å². The number of ether oxygens (including phenoxy) is 4. The molecule has 1 unspecified atom stereocenters. The van der Waals surface area contributed by atoms with Gasteiger partial charge in [0.05, 0.1) is 40.0 Å². The Bertz CT molecular complexity index is 642. The molecule has 1 heterocycles. The number of aliphatic imine (C=N–C) groups is 1. The normalized spacial score (nSPS) is 15.7. The zero-order valence-corrected chi connectivity index (χ0v) is 21.6. The van der Waals surface area contributed by atoms with Gasteiger partial charge >= 0.3 is 0 Å². The summed E-state index contributed by atoms with van der Waals surface area (Å²) in [6.45, 7) is 11.1. The Morgan fingerprint density at radius 3 is 2.52 bits per heavy atom. The Morgan fingerprint density at radius 1 is 1.13 bits per heavy atom. The van der Waals surface area contributed by atoms with Crippen LogP contribution in [0.25, 0.3) is 0 Å². The van der Waals surface area contributed by atoms with E-state index in [1.807, 2.05) is 13.0 Å². The Kier molecular flexibility index (Phi) is 14.6. The average molecular weight is 550 g/mol. The van der Waals surface area contributed by atoms with Crippen LogP contribution in [-0.4, -0.2) is 84.2 Å². The summed E-state index contributed by atoms with van der Waals surface area (Å²) >= 11 is 0. The number of hydrogen-bond acceptors (Lipinski definition) is 6. The summed E-state index contributed by atoms with van der Waals surface area (Å²) in [4.78, 5) is 7.30. The fraction of sp³-hybridized carbons (Fsp3) is 0.682. The highest BCUT2D eigenvalue weighted by molar-refractivity contribution is 14.0. The molecule has 0 saturated carbocycles. The number of benzene rings is 1. The Morgan fingerprint density at radius 2 is 1.87 bits per heavy atom. The summed E-state index contributed by atoms with van der Waals surface area (Å²) in [6.07, 6.45) is 0.945. The highest BCUT2D eigenvalue weighted by Crippen LogP contribution is 2.32. The van der Waals surface area contributed by atoms with Crippen molar-refractivity contribution in [3.05, 3.63) is 23.8 Å². The first-order chi connectivity index (χ1) is 14.7. The van der Waals surface area contributed by atoms with Gasteiger partial charge in [-0.3, -0.25) is 9.89 Å². The zero-order valence-electron chi connectivity index (χ0n) is 19.3. The maximum Gasteiger partial charge on any atom is 0.191 e. The van der Waals surface area contributed by atoms with Gasteiger partial charge in [-0.15, -0.1) is 24.0 Å². The molecule has 0 radical (unpaired) electrons. The molecule has 8 nitrogen and oxygen atoms in total. The number of methoxy groups -OCH3 is 2. The first kappa shape index (κ1) is 27.7. The topological polar surface area (TPSA) is 76.6 Å². The molecular formula is C22H39IN4O4. The van der Waals surface area contributed by atoms with E-state index in [-0.39, 0.29) is 30.0 Å². The van der Waals surface area contributed by atoms with E-state index in [0.29, 0.717) is 6.54 Å². The molecule has 0 bridgehead atoms. The van der Waals surface area contributed by atoms with Crippen molar-refractivity contribution < 1.29 is 18.9 Å². The molecule has 0 amide bonds. The second-order valence-corrected chi connectivity index (χ2v) is 6.98. The SMILES string of the molecule is CCNC(=NCC(c1ccc(OC)c(OC)c1)N1CCOCC1)NCCCOCC.I. The molecule has 0 spiro atoms. The minimum atomic E-state index is 0. The van der Waals surface area contributed by atoms with Crippen LogP contribution in [0, 0.1) is 0 Å². The van der Waals surface area contributed by atoms with E-state index < -0.39 is 0 Å². The van der Waals surface area contributed by atoms with Crippen LogP contribution >= 0.6 is 24.0 Å². The number of halogens is 1. The molecule has 31 heavy (non-hydrogen) atoms. The molecule has 2 N–H and O–H groups in total. The number of nitrogens with zero attached hydrogens (tertiary/aromatic N) is 2. The fourth-order valence-electron chi connectivity index (χ4n) is 3.43. The molecular weight excluding hydrogens is 511 g/mol. The van der Waals surface area contributed by atoms with Gasteiger partial charge < -0.3 is 29.6 Å². The van der Waals surface area contributed by atoms with Crippen molar-refractivity contribution in [1.29, 1.82) is 0 Å². The molecule has 0 aromatic heterocycles. The van der Waals surface area contributed by atoms with E-state index in [4.69, 9.17) is 23.9 Å². The molecule has 1 aliphatic rings. The monoisotopic (exact) mass is 550 g/mol. The van der Waals surface area contributed by atoms with Gasteiger partial charge in [0.1, 0.15) is 0 Å². The number of guanidine groups is 1. The van der Waals surface area contributed by atoms with E-state index in [2.05, 4.69) is 34.6 Å². The van der Waals surface area contributed by atoms with Crippen molar-refractivity contribution >= 4 is 29.9 Å². The second kappa shape index (κ2) is 16.3. The number of rotatable bonds is 12. The zero-order chi connectivity index (χ0) is 21.6. The first-order valence-electron chi connectivity index (χ1n) is 10.9. The Labute approximate surface area is 204 Å². The van der Waals surface area contributed by atoms with Gasteiger partial charge in [0.2, 0.25) is 0 Å². The molecule has 2 rings (SSSR count). The van der Waals surface area contributed by atoms with Crippen LogP contribution in [0.3, 0.4) is 0 Å². The number of nitrogens with one attached hydrogen (secondary N) is 2. The minimum Gasteiger partial charge on any atom is -0.493 e. The molecule has 1 aliphatic heterocycles. The standard InChI is InChI=1S/C22H38N4O4.HI/c1-5-23-22(24-10-7-13-29-6-2)25-17-19(26-11-14-30-15-12-26)18-8-9-20(27-3)21(16-18)28-4;/h8-9,16,19H,5-7,10-15,17H2,1-4H3,(H2,23,24,25);1H. The van der Waals surface area contributed by atoms with E-state index in [1.165, 1.54) is 0 Å². The van der Waals surface area contributed by atoms with Crippen molar-refractivity contribution in [2.75, 3.05) is 73.4 Å². The van der Waals surface area contributed by atoms with E-state index in [0.717, 1.165) is 82.0 Å². The molecule has 1 aromatic rings. The summed E-state index contributed by atoms with van der Waals surface area (Å²) in [5, 5.41) is 6.74. The third-order valence-corrected chi connectivity index (χ3v) is 5.01. The van der Waals surface area contributed by atoms with Gasteiger partial charge in [-0.25, -0.2) is 0 Å². The van der Waals surface area contributed by atoms with Crippen LogP contribution < -0.4 is 20.1 Å². The van der Waals surface area contributed by atoms with Crippen LogP contribution in [0.2, 0.25) is 0 Å². The van der Waals surface area contributed by atoms with E-state index in [9.17, 15) is 0 Å². The summed E-state index contributed by atoms with van der Waals surface area (Å²) in [5.74, 6) is 2.29. The highest BCUT2D eigenvalue weighted by atomic mass is 127. The Balaban J connectivity index is 0.00000480. The first-order valence-corrected chi connectivity index (χ1v) is 10.9. The largest absolute Gasteiger partial charge is 0.493 e. The van der Waals surface area contributed by atoms with Crippen LogP contribution in [0.1, 0.15) is 31.9 Å². The van der Waals surface area contributed by atoms with Crippen LogP contribution in [-0.2, 0) is 9.47 Å². The van der Waals surface area contributed by atoms with Crippen molar-refractivity contribution in [2.45, 2.75) is 26.3 Å². The predicted molar refractivity (Wildman–Crippen MR) is 135 cm³/mol. The molecule has 1 saturated heterocycles. The second-order valence-electron chi connectivity index (χ2n) is 6.98. The molecule has 1 fully saturated rings. The van der Waals surface area contributed by atoms with Crippen molar-refractivity contribution in [1.82, 2.24) is 15.5 Å². The third-order valence-electron chi connectivity index (χ3n) is 5.01. The lowest BCUT2D eigenvalue weighted by molar-refractivity contribution is 0.0179. The minimum absolute atomic E-state index is 0. The van der Waals surface area contributed by atoms with Gasteiger partial charge in [-0.05, 0) is 38.0 Å². The van der Waals surface area contributed by atoms with Crippen LogP contribution in [0.5, 0.6) is 11.5 Å². The quantitative estimate of drug-likeness (QED) is 0.179. The van der Waals surface area contributed by atoms with Gasteiger partial charge in [0.15, 0.2) is 17.5 Å². The summed E-state index contributed by atoms with van der Waals surface area (Å²) in [5.41, 5.74) is 1.16. The summed E-state index contributed by atoms with van der Waals surface area (Å²) < 4.78 is 21.9. The third kappa shape index (κ3) is 9.38. The van der Waals surface area contributed by atoms with Crippen molar-refractivity contribution in [3.8, 4) is 11.5 Å². The molecule has 1 aromatic carbocycles. The lowest BCUT2D eigenvalue weighted by atomic mass is 10.0. The van der Waals surface area contributed by atoms with Gasteiger partial charge in [-0.1, -0.05) is 6.07 Å². The van der Waals surface area contributed by atoms with Gasteiger partial charge in [0.25, 0.3) is 0 Å². The summed E-state index contributed by atoms with van der Waals surface area (Å²) in [6, 6.07) is 6.24.